The molecule has 1 aromatic heterocycles. The average molecular weight is 208 g/mol. The second-order valence-corrected chi connectivity index (χ2v) is 3.43. The summed E-state index contributed by atoms with van der Waals surface area (Å²) in [6, 6.07) is 3.43. The van der Waals surface area contributed by atoms with Crippen molar-refractivity contribution in [3.63, 3.8) is 0 Å². The number of carbonyl (C=O) groups excluding carboxylic acids is 1. The van der Waals surface area contributed by atoms with Gasteiger partial charge in [-0.25, -0.2) is 0 Å². The topological polar surface area (TPSA) is 62.2 Å². The number of aromatic nitrogens is 1. The van der Waals surface area contributed by atoms with Gasteiger partial charge in [-0.2, -0.15) is 0 Å². The lowest BCUT2D eigenvalue weighted by Gasteiger charge is -2.14. The molecule has 4 nitrogen and oxygen atoms in total. The molecule has 82 valence electrons. The van der Waals surface area contributed by atoms with E-state index in [1.807, 2.05) is 19.9 Å². The van der Waals surface area contributed by atoms with E-state index in [1.165, 1.54) is 0 Å². The summed E-state index contributed by atoms with van der Waals surface area (Å²) in [6.45, 7) is 3.70. The summed E-state index contributed by atoms with van der Waals surface area (Å²) in [7, 11) is 0. The van der Waals surface area contributed by atoms with E-state index in [1.54, 1.807) is 12.3 Å². The fourth-order valence-electron chi connectivity index (χ4n) is 1.25. The van der Waals surface area contributed by atoms with Gasteiger partial charge in [0.05, 0.1) is 12.6 Å². The Labute approximate surface area is 89.3 Å². The highest BCUT2D eigenvalue weighted by molar-refractivity contribution is 5.93. The van der Waals surface area contributed by atoms with Crippen LogP contribution in [0.15, 0.2) is 18.3 Å². The van der Waals surface area contributed by atoms with E-state index in [-0.39, 0.29) is 18.6 Å². The second kappa shape index (κ2) is 5.46. The number of nitrogens with zero attached hydrogens (tertiary/aromatic N) is 1. The zero-order chi connectivity index (χ0) is 11.3. The van der Waals surface area contributed by atoms with Gasteiger partial charge in [0, 0.05) is 6.20 Å². The summed E-state index contributed by atoms with van der Waals surface area (Å²) >= 11 is 0. The lowest BCUT2D eigenvalue weighted by molar-refractivity contribution is 0.0909. The van der Waals surface area contributed by atoms with Crippen LogP contribution in [0.3, 0.4) is 0 Å². The minimum absolute atomic E-state index is 0.0475. The highest BCUT2D eigenvalue weighted by atomic mass is 16.3. The van der Waals surface area contributed by atoms with Crippen molar-refractivity contribution in [2.45, 2.75) is 26.3 Å². The van der Waals surface area contributed by atoms with Gasteiger partial charge < -0.3 is 10.4 Å². The average Bonchev–Trinajstić information content (AvgIpc) is 2.26. The molecule has 0 aliphatic carbocycles. The van der Waals surface area contributed by atoms with E-state index in [0.717, 1.165) is 5.56 Å². The molecule has 0 radical (unpaired) electrons. The normalized spacial score (nSPS) is 12.2. The van der Waals surface area contributed by atoms with Gasteiger partial charge in [-0.3, -0.25) is 9.78 Å². The van der Waals surface area contributed by atoms with Crippen molar-refractivity contribution in [3.05, 3.63) is 29.6 Å². The Hall–Kier alpha value is -1.42. The molecule has 1 rings (SSSR count). The molecule has 0 aliphatic rings. The lowest BCUT2D eigenvalue weighted by atomic mass is 10.2. The minimum Gasteiger partial charge on any atom is -0.394 e. The SMILES string of the molecule is CC[C@@H](CO)NC(=O)c1ncccc1C. The van der Waals surface area contributed by atoms with Crippen molar-refractivity contribution in [3.8, 4) is 0 Å². The Morgan fingerprint density at radius 2 is 2.40 bits per heavy atom. The number of carbonyl (C=O) groups is 1. The number of aliphatic hydroxyl groups excluding tert-OH is 1. The summed E-state index contributed by atoms with van der Waals surface area (Å²) in [4.78, 5) is 15.7. The zero-order valence-electron chi connectivity index (χ0n) is 9.03. The molecule has 0 saturated carbocycles. The number of amides is 1. The number of rotatable bonds is 4. The first kappa shape index (κ1) is 11.7. The van der Waals surface area contributed by atoms with Gasteiger partial charge in [-0.05, 0) is 25.0 Å². The maximum absolute atomic E-state index is 11.7. The van der Waals surface area contributed by atoms with E-state index < -0.39 is 0 Å². The van der Waals surface area contributed by atoms with Crippen LogP contribution in [0.25, 0.3) is 0 Å². The second-order valence-electron chi connectivity index (χ2n) is 3.43. The first-order chi connectivity index (χ1) is 7.19. The standard InChI is InChI=1S/C11H16N2O2/c1-3-9(7-14)13-11(15)10-8(2)5-4-6-12-10/h4-6,9,14H,3,7H2,1-2H3,(H,13,15)/t9-/m0/s1. The zero-order valence-corrected chi connectivity index (χ0v) is 9.03. The molecule has 4 heteroatoms. The largest absolute Gasteiger partial charge is 0.394 e. The smallest absolute Gasteiger partial charge is 0.270 e. The molecule has 1 aromatic rings. The Morgan fingerprint density at radius 3 is 2.93 bits per heavy atom. The fourth-order valence-corrected chi connectivity index (χ4v) is 1.25. The van der Waals surface area contributed by atoms with Crippen LogP contribution in [0.1, 0.15) is 29.4 Å². The van der Waals surface area contributed by atoms with Crippen molar-refractivity contribution in [1.29, 1.82) is 0 Å². The highest BCUT2D eigenvalue weighted by Crippen LogP contribution is 2.03. The van der Waals surface area contributed by atoms with E-state index in [9.17, 15) is 4.79 Å². The molecule has 0 fully saturated rings. The molecular weight excluding hydrogens is 192 g/mol. The van der Waals surface area contributed by atoms with Gasteiger partial charge in [0.2, 0.25) is 0 Å². The summed E-state index contributed by atoms with van der Waals surface area (Å²) in [5, 5.41) is 11.7. The number of aliphatic hydroxyl groups is 1. The number of nitrogens with one attached hydrogen (secondary N) is 1. The Kier molecular flexibility index (Phi) is 4.24. The van der Waals surface area contributed by atoms with Crippen LogP contribution in [-0.2, 0) is 0 Å². The lowest BCUT2D eigenvalue weighted by Crippen LogP contribution is -2.37. The predicted molar refractivity (Wildman–Crippen MR) is 57.6 cm³/mol. The molecule has 15 heavy (non-hydrogen) atoms. The Balaban J connectivity index is 2.73. The van der Waals surface area contributed by atoms with Crippen LogP contribution >= 0.6 is 0 Å². The van der Waals surface area contributed by atoms with Crippen LogP contribution in [0.4, 0.5) is 0 Å². The first-order valence-electron chi connectivity index (χ1n) is 5.02. The third kappa shape index (κ3) is 3.02. The van der Waals surface area contributed by atoms with Gasteiger partial charge in [-0.1, -0.05) is 13.0 Å². The van der Waals surface area contributed by atoms with E-state index >= 15 is 0 Å². The number of pyridine rings is 1. The molecule has 0 saturated heterocycles. The van der Waals surface area contributed by atoms with Crippen LogP contribution in [-0.4, -0.2) is 28.6 Å². The van der Waals surface area contributed by atoms with Crippen LogP contribution < -0.4 is 5.32 Å². The van der Waals surface area contributed by atoms with Gasteiger partial charge >= 0.3 is 0 Å². The van der Waals surface area contributed by atoms with E-state index in [2.05, 4.69) is 10.3 Å². The van der Waals surface area contributed by atoms with Crippen molar-refractivity contribution in [1.82, 2.24) is 10.3 Å². The predicted octanol–water partition coefficient (Wildman–Crippen LogP) is 0.891. The number of hydrogen-bond acceptors (Lipinski definition) is 3. The van der Waals surface area contributed by atoms with Crippen molar-refractivity contribution < 1.29 is 9.90 Å². The van der Waals surface area contributed by atoms with Crippen LogP contribution in [0.5, 0.6) is 0 Å². The molecule has 1 heterocycles. The summed E-state index contributed by atoms with van der Waals surface area (Å²) in [5.74, 6) is -0.228. The molecule has 0 aromatic carbocycles. The molecule has 1 amide bonds. The molecule has 0 unspecified atom stereocenters. The van der Waals surface area contributed by atoms with Gasteiger partial charge in [0.15, 0.2) is 0 Å². The first-order valence-corrected chi connectivity index (χ1v) is 5.02. The maximum Gasteiger partial charge on any atom is 0.270 e. The summed E-state index contributed by atoms with van der Waals surface area (Å²) < 4.78 is 0. The number of aryl methyl sites for hydroxylation is 1. The van der Waals surface area contributed by atoms with Crippen LogP contribution in [0, 0.1) is 6.92 Å². The van der Waals surface area contributed by atoms with Gasteiger partial charge in [0.25, 0.3) is 5.91 Å². The van der Waals surface area contributed by atoms with Gasteiger partial charge in [0.1, 0.15) is 5.69 Å². The van der Waals surface area contributed by atoms with Crippen LogP contribution in [0.2, 0.25) is 0 Å². The molecular formula is C11H16N2O2. The van der Waals surface area contributed by atoms with E-state index in [4.69, 9.17) is 5.11 Å². The fraction of sp³-hybridized carbons (Fsp3) is 0.455. The van der Waals surface area contributed by atoms with E-state index in [0.29, 0.717) is 12.1 Å². The maximum atomic E-state index is 11.7. The monoisotopic (exact) mass is 208 g/mol. The molecule has 2 N–H and O–H groups in total. The van der Waals surface area contributed by atoms with Crippen molar-refractivity contribution in [2.75, 3.05) is 6.61 Å². The third-order valence-corrected chi connectivity index (χ3v) is 2.27. The number of hydrogen-bond donors (Lipinski definition) is 2. The Morgan fingerprint density at radius 1 is 1.67 bits per heavy atom. The van der Waals surface area contributed by atoms with Crippen molar-refractivity contribution >= 4 is 5.91 Å². The third-order valence-electron chi connectivity index (χ3n) is 2.27. The molecule has 0 aliphatic heterocycles. The summed E-state index contributed by atoms with van der Waals surface area (Å²) in [6.07, 6.45) is 2.29. The van der Waals surface area contributed by atoms with Crippen molar-refractivity contribution in [2.24, 2.45) is 0 Å². The highest BCUT2D eigenvalue weighted by Gasteiger charge is 2.13. The Bertz CT molecular complexity index is 335. The molecule has 0 spiro atoms. The quantitative estimate of drug-likeness (QED) is 0.772. The summed E-state index contributed by atoms with van der Waals surface area (Å²) in [5.41, 5.74) is 1.26. The molecule has 0 bridgehead atoms. The molecule has 1 atom stereocenters. The van der Waals surface area contributed by atoms with Gasteiger partial charge in [-0.15, -0.1) is 0 Å². The minimum atomic E-state index is -0.228.